The van der Waals surface area contributed by atoms with Crippen molar-refractivity contribution < 1.29 is 9.84 Å². The summed E-state index contributed by atoms with van der Waals surface area (Å²) in [4.78, 5) is 0. The molecule has 17 heavy (non-hydrogen) atoms. The molecule has 3 nitrogen and oxygen atoms in total. The Kier molecular flexibility index (Phi) is 2.15. The maximum atomic E-state index is 9.80. The summed E-state index contributed by atoms with van der Waals surface area (Å²) in [5.74, 6) is 0.834. The minimum Gasteiger partial charge on any atom is -0.504 e. The standard InChI is InChI=1S/C14H15NO2/c1-9-3-5-11-7-10-4-6-13(16)14(17-2)12(10)8-15(9)11/h3-6,16H,7-8H2,1-2H3. The van der Waals surface area contributed by atoms with E-state index in [1.165, 1.54) is 17.0 Å². The summed E-state index contributed by atoms with van der Waals surface area (Å²) < 4.78 is 7.58. The van der Waals surface area contributed by atoms with Crippen molar-refractivity contribution >= 4 is 0 Å². The number of nitrogens with zero attached hydrogens (tertiary/aromatic N) is 1. The largest absolute Gasteiger partial charge is 0.504 e. The molecule has 0 aliphatic carbocycles. The maximum absolute atomic E-state index is 9.80. The lowest BCUT2D eigenvalue weighted by atomic mass is 9.98. The zero-order valence-electron chi connectivity index (χ0n) is 10.0. The first kappa shape index (κ1) is 10.3. The minimum absolute atomic E-state index is 0.222. The van der Waals surface area contributed by atoms with Crippen molar-refractivity contribution in [1.82, 2.24) is 4.57 Å². The molecule has 0 saturated heterocycles. The van der Waals surface area contributed by atoms with Crippen molar-refractivity contribution in [3.63, 3.8) is 0 Å². The lowest BCUT2D eigenvalue weighted by molar-refractivity contribution is 0.366. The molecule has 3 heteroatoms. The number of hydrogen-bond donors (Lipinski definition) is 1. The van der Waals surface area contributed by atoms with E-state index < -0.39 is 0 Å². The molecule has 1 aliphatic rings. The molecule has 0 saturated carbocycles. The van der Waals surface area contributed by atoms with Crippen molar-refractivity contribution in [3.8, 4) is 11.5 Å². The molecular formula is C14H15NO2. The van der Waals surface area contributed by atoms with Crippen molar-refractivity contribution in [2.45, 2.75) is 19.9 Å². The number of aryl methyl sites for hydroxylation is 1. The molecule has 0 atom stereocenters. The number of methoxy groups -OCH3 is 1. The summed E-state index contributed by atoms with van der Waals surface area (Å²) >= 11 is 0. The number of hydrogen-bond acceptors (Lipinski definition) is 2. The van der Waals surface area contributed by atoms with Crippen LogP contribution in [0.4, 0.5) is 0 Å². The summed E-state index contributed by atoms with van der Waals surface area (Å²) in [5.41, 5.74) is 4.91. The van der Waals surface area contributed by atoms with Crippen LogP contribution in [-0.4, -0.2) is 16.8 Å². The highest BCUT2D eigenvalue weighted by Gasteiger charge is 2.21. The van der Waals surface area contributed by atoms with Crippen LogP contribution in [0.5, 0.6) is 11.5 Å². The first-order chi connectivity index (χ1) is 8.20. The zero-order valence-corrected chi connectivity index (χ0v) is 10.0. The van der Waals surface area contributed by atoms with Crippen LogP contribution in [0.25, 0.3) is 0 Å². The Balaban J connectivity index is 2.16. The van der Waals surface area contributed by atoms with Gasteiger partial charge >= 0.3 is 0 Å². The van der Waals surface area contributed by atoms with Crippen molar-refractivity contribution in [2.24, 2.45) is 0 Å². The van der Waals surface area contributed by atoms with Gasteiger partial charge in [0.05, 0.1) is 13.7 Å². The third-order valence-corrected chi connectivity index (χ3v) is 3.52. The highest BCUT2D eigenvalue weighted by molar-refractivity contribution is 5.52. The molecule has 0 spiro atoms. The van der Waals surface area contributed by atoms with Crippen molar-refractivity contribution in [2.75, 3.05) is 7.11 Å². The third kappa shape index (κ3) is 1.42. The number of ether oxygens (including phenoxy) is 1. The number of rotatable bonds is 1. The van der Waals surface area contributed by atoms with Gasteiger partial charge in [0.1, 0.15) is 0 Å². The van der Waals surface area contributed by atoms with Gasteiger partial charge < -0.3 is 14.4 Å². The molecule has 1 aliphatic heterocycles. The van der Waals surface area contributed by atoms with E-state index in [0.29, 0.717) is 5.75 Å². The van der Waals surface area contributed by atoms with Crippen molar-refractivity contribution in [1.29, 1.82) is 0 Å². The lowest BCUT2D eigenvalue weighted by Crippen LogP contribution is -2.15. The summed E-state index contributed by atoms with van der Waals surface area (Å²) in [5, 5.41) is 9.80. The number of aromatic nitrogens is 1. The second-order valence-corrected chi connectivity index (χ2v) is 4.48. The molecule has 88 valence electrons. The van der Waals surface area contributed by atoms with Crippen LogP contribution in [0.15, 0.2) is 24.3 Å². The van der Waals surface area contributed by atoms with E-state index in [2.05, 4.69) is 23.6 Å². The minimum atomic E-state index is 0.222. The van der Waals surface area contributed by atoms with Gasteiger partial charge in [0, 0.05) is 23.4 Å². The van der Waals surface area contributed by atoms with Gasteiger partial charge in [-0.1, -0.05) is 6.07 Å². The second kappa shape index (κ2) is 3.55. The summed E-state index contributed by atoms with van der Waals surface area (Å²) in [7, 11) is 1.60. The number of fused-ring (bicyclic) bond motifs is 2. The Morgan fingerprint density at radius 2 is 2.06 bits per heavy atom. The van der Waals surface area contributed by atoms with Crippen LogP contribution in [-0.2, 0) is 13.0 Å². The van der Waals surface area contributed by atoms with E-state index in [1.807, 2.05) is 6.07 Å². The molecule has 2 aromatic rings. The Hall–Kier alpha value is -1.90. The van der Waals surface area contributed by atoms with Crippen LogP contribution < -0.4 is 4.74 Å². The quantitative estimate of drug-likeness (QED) is 0.695. The molecule has 0 radical (unpaired) electrons. The molecule has 2 heterocycles. The summed E-state index contributed by atoms with van der Waals surface area (Å²) in [6, 6.07) is 7.99. The molecule has 0 bridgehead atoms. The van der Waals surface area contributed by atoms with Gasteiger partial charge in [0.25, 0.3) is 0 Å². The van der Waals surface area contributed by atoms with Gasteiger partial charge in [-0.3, -0.25) is 0 Å². The average molecular weight is 229 g/mol. The van der Waals surface area contributed by atoms with Crippen LogP contribution in [0, 0.1) is 6.92 Å². The van der Waals surface area contributed by atoms with E-state index in [9.17, 15) is 5.11 Å². The predicted octanol–water partition coefficient (Wildman–Crippen LogP) is 2.46. The summed E-state index contributed by atoms with van der Waals surface area (Å²) in [6.45, 7) is 2.88. The molecule has 1 aromatic heterocycles. The highest BCUT2D eigenvalue weighted by Crippen LogP contribution is 2.37. The molecule has 0 amide bonds. The molecule has 1 aromatic carbocycles. The average Bonchev–Trinajstić information content (AvgIpc) is 2.68. The third-order valence-electron chi connectivity index (χ3n) is 3.52. The number of phenols is 1. The Labute approximate surface area is 100 Å². The van der Waals surface area contributed by atoms with Crippen LogP contribution >= 0.6 is 0 Å². The lowest BCUT2D eigenvalue weighted by Gasteiger charge is -2.23. The fraction of sp³-hybridized carbons (Fsp3) is 0.286. The highest BCUT2D eigenvalue weighted by atomic mass is 16.5. The van der Waals surface area contributed by atoms with E-state index in [-0.39, 0.29) is 5.75 Å². The molecule has 1 N–H and O–H groups in total. The van der Waals surface area contributed by atoms with Crippen molar-refractivity contribution in [3.05, 3.63) is 46.8 Å². The van der Waals surface area contributed by atoms with Gasteiger partial charge in [-0.05, 0) is 30.7 Å². The Morgan fingerprint density at radius 1 is 1.24 bits per heavy atom. The molecule has 3 rings (SSSR count). The molecule has 0 unspecified atom stereocenters. The number of aromatic hydroxyl groups is 1. The zero-order chi connectivity index (χ0) is 12.0. The maximum Gasteiger partial charge on any atom is 0.165 e. The number of benzene rings is 1. The Bertz CT molecular complexity index is 584. The first-order valence-electron chi connectivity index (χ1n) is 5.73. The van der Waals surface area contributed by atoms with E-state index in [1.54, 1.807) is 13.2 Å². The van der Waals surface area contributed by atoms with Crippen LogP contribution in [0.2, 0.25) is 0 Å². The van der Waals surface area contributed by atoms with Gasteiger partial charge in [0.15, 0.2) is 11.5 Å². The van der Waals surface area contributed by atoms with E-state index in [0.717, 1.165) is 18.5 Å². The van der Waals surface area contributed by atoms with Gasteiger partial charge in [-0.25, -0.2) is 0 Å². The predicted molar refractivity (Wildman–Crippen MR) is 65.7 cm³/mol. The second-order valence-electron chi connectivity index (χ2n) is 4.48. The monoisotopic (exact) mass is 229 g/mol. The summed E-state index contributed by atoms with van der Waals surface area (Å²) in [6.07, 6.45) is 0.903. The van der Waals surface area contributed by atoms with Gasteiger partial charge in [0.2, 0.25) is 0 Å². The number of phenolic OH excluding ortho intramolecular Hbond substituents is 1. The fourth-order valence-electron chi connectivity index (χ4n) is 2.58. The first-order valence-corrected chi connectivity index (χ1v) is 5.73. The SMILES string of the molecule is COc1c(O)ccc2c1Cn1c(C)ccc1C2. The van der Waals surface area contributed by atoms with Crippen LogP contribution in [0.3, 0.4) is 0 Å². The molecule has 0 fully saturated rings. The van der Waals surface area contributed by atoms with E-state index in [4.69, 9.17) is 4.74 Å². The topological polar surface area (TPSA) is 34.4 Å². The van der Waals surface area contributed by atoms with Gasteiger partial charge in [-0.15, -0.1) is 0 Å². The van der Waals surface area contributed by atoms with Gasteiger partial charge in [-0.2, -0.15) is 0 Å². The normalized spacial score (nSPS) is 13.1. The smallest absolute Gasteiger partial charge is 0.165 e. The molecular weight excluding hydrogens is 214 g/mol. The van der Waals surface area contributed by atoms with E-state index >= 15 is 0 Å². The fourth-order valence-corrected chi connectivity index (χ4v) is 2.58. The van der Waals surface area contributed by atoms with Crippen LogP contribution in [0.1, 0.15) is 22.5 Å². The Morgan fingerprint density at radius 3 is 2.82 bits per heavy atom.